The number of nitrogens with one attached hydrogen (secondary N) is 1. The Morgan fingerprint density at radius 1 is 1.06 bits per heavy atom. The van der Waals surface area contributed by atoms with Crippen molar-refractivity contribution in [2.45, 2.75) is 59.5 Å². The number of sulfonamides is 1. The van der Waals surface area contributed by atoms with Gasteiger partial charge in [-0.1, -0.05) is 51.1 Å². The molecule has 2 aromatic carbocycles. The third-order valence-electron chi connectivity index (χ3n) is 5.87. The Bertz CT molecular complexity index is 1120. The molecule has 0 unspecified atom stereocenters. The van der Waals surface area contributed by atoms with E-state index >= 15 is 0 Å². The molecule has 0 heterocycles. The molecule has 2 aromatic rings. The van der Waals surface area contributed by atoms with E-state index in [1.807, 2.05) is 39.8 Å². The van der Waals surface area contributed by atoms with Gasteiger partial charge in [0.2, 0.25) is 21.8 Å². The lowest BCUT2D eigenvalue weighted by Crippen LogP contribution is -2.49. The molecule has 0 bridgehead atoms. The summed E-state index contributed by atoms with van der Waals surface area (Å²) in [6, 6.07) is 12.3. The average molecular weight is 520 g/mol. The van der Waals surface area contributed by atoms with Crippen molar-refractivity contribution in [1.29, 1.82) is 0 Å². The molecule has 1 N–H and O–H groups in total. The van der Waals surface area contributed by atoms with E-state index in [-0.39, 0.29) is 49.5 Å². The standard InChI is InChI=1S/C27H38FN3O4S/c1-6-24(27(33)29-18-20(2)3)30(19-22-13-15-23(28)16-14-22)26(32)12-9-17-31(36(5,34)35)25-11-8-7-10-21(25)4/h7-8,10-11,13-16,20,24H,6,9,12,17-19H2,1-5H3,(H,29,33)/t24-/m1/s1. The van der Waals surface area contributed by atoms with Crippen LogP contribution in [0.2, 0.25) is 0 Å². The summed E-state index contributed by atoms with van der Waals surface area (Å²) in [5.41, 5.74) is 2.10. The minimum absolute atomic E-state index is 0.0626. The van der Waals surface area contributed by atoms with Crippen molar-refractivity contribution in [1.82, 2.24) is 10.2 Å². The summed E-state index contributed by atoms with van der Waals surface area (Å²) < 4.78 is 39.7. The quantitative estimate of drug-likeness (QED) is 0.428. The Labute approximate surface area is 214 Å². The van der Waals surface area contributed by atoms with Crippen LogP contribution in [0.4, 0.5) is 10.1 Å². The van der Waals surface area contributed by atoms with Gasteiger partial charge in [0.1, 0.15) is 11.9 Å². The van der Waals surface area contributed by atoms with Crippen molar-refractivity contribution >= 4 is 27.5 Å². The topological polar surface area (TPSA) is 86.8 Å². The van der Waals surface area contributed by atoms with Gasteiger partial charge in [0.15, 0.2) is 0 Å². The second-order valence-electron chi connectivity index (χ2n) is 9.44. The zero-order valence-electron chi connectivity index (χ0n) is 21.8. The minimum Gasteiger partial charge on any atom is -0.354 e. The van der Waals surface area contributed by atoms with Crippen LogP contribution >= 0.6 is 0 Å². The van der Waals surface area contributed by atoms with Crippen molar-refractivity contribution < 1.29 is 22.4 Å². The van der Waals surface area contributed by atoms with Crippen molar-refractivity contribution in [3.8, 4) is 0 Å². The Morgan fingerprint density at radius 3 is 2.25 bits per heavy atom. The molecule has 0 saturated heterocycles. The number of benzene rings is 2. The largest absolute Gasteiger partial charge is 0.354 e. The summed E-state index contributed by atoms with van der Waals surface area (Å²) in [5.74, 6) is -0.616. The molecule has 2 rings (SSSR count). The first-order valence-electron chi connectivity index (χ1n) is 12.3. The van der Waals surface area contributed by atoms with Gasteiger partial charge in [0.05, 0.1) is 11.9 Å². The molecular formula is C27H38FN3O4S. The molecule has 0 fully saturated rings. The number of anilines is 1. The summed E-state index contributed by atoms with van der Waals surface area (Å²) in [6.45, 7) is 8.44. The first-order chi connectivity index (χ1) is 16.9. The molecule has 0 spiro atoms. The molecule has 0 saturated carbocycles. The first kappa shape index (κ1) is 29.3. The van der Waals surface area contributed by atoms with Gasteiger partial charge in [0.25, 0.3) is 0 Å². The number of nitrogens with zero attached hydrogens (tertiary/aromatic N) is 2. The molecule has 0 aliphatic rings. The number of carbonyl (C=O) groups excluding carboxylic acids is 2. The van der Waals surface area contributed by atoms with E-state index in [0.29, 0.717) is 24.2 Å². The molecule has 7 nitrogen and oxygen atoms in total. The summed E-state index contributed by atoms with van der Waals surface area (Å²) in [5, 5.41) is 2.90. The van der Waals surface area contributed by atoms with Gasteiger partial charge in [-0.3, -0.25) is 13.9 Å². The van der Waals surface area contributed by atoms with Gasteiger partial charge >= 0.3 is 0 Å². The molecule has 0 aromatic heterocycles. The molecule has 2 amide bonds. The van der Waals surface area contributed by atoms with E-state index in [2.05, 4.69) is 5.32 Å². The van der Waals surface area contributed by atoms with Crippen molar-refractivity contribution in [3.63, 3.8) is 0 Å². The number of aryl methyl sites for hydroxylation is 1. The molecule has 198 valence electrons. The van der Waals surface area contributed by atoms with Crippen LogP contribution in [0, 0.1) is 18.7 Å². The van der Waals surface area contributed by atoms with Crippen LogP contribution in [-0.4, -0.2) is 50.5 Å². The SMILES string of the molecule is CC[C@H](C(=O)NCC(C)C)N(Cc1ccc(F)cc1)C(=O)CCCN(c1ccccc1C)S(C)(=O)=O. The first-order valence-corrected chi connectivity index (χ1v) is 14.1. The van der Waals surface area contributed by atoms with Gasteiger partial charge in [-0.05, 0) is 55.0 Å². The van der Waals surface area contributed by atoms with E-state index in [1.165, 1.54) is 21.3 Å². The predicted octanol–water partition coefficient (Wildman–Crippen LogP) is 4.26. The van der Waals surface area contributed by atoms with Crippen molar-refractivity contribution in [2.75, 3.05) is 23.7 Å². The smallest absolute Gasteiger partial charge is 0.242 e. The fraction of sp³-hybridized carbons (Fsp3) is 0.481. The van der Waals surface area contributed by atoms with Crippen LogP contribution in [0.15, 0.2) is 48.5 Å². The Balaban J connectivity index is 2.21. The third kappa shape index (κ3) is 8.62. The van der Waals surface area contributed by atoms with Gasteiger partial charge in [0, 0.05) is 26.1 Å². The fourth-order valence-corrected chi connectivity index (χ4v) is 4.98. The number of para-hydroxylation sites is 1. The molecular weight excluding hydrogens is 481 g/mol. The minimum atomic E-state index is -3.55. The molecule has 0 aliphatic heterocycles. The average Bonchev–Trinajstić information content (AvgIpc) is 2.81. The van der Waals surface area contributed by atoms with Crippen LogP contribution in [0.1, 0.15) is 51.2 Å². The van der Waals surface area contributed by atoms with Crippen LogP contribution in [-0.2, 0) is 26.2 Å². The van der Waals surface area contributed by atoms with Crippen molar-refractivity contribution in [2.24, 2.45) is 5.92 Å². The summed E-state index contributed by atoms with van der Waals surface area (Å²) in [4.78, 5) is 27.9. The lowest BCUT2D eigenvalue weighted by Gasteiger charge is -2.31. The molecule has 36 heavy (non-hydrogen) atoms. The second-order valence-corrected chi connectivity index (χ2v) is 11.3. The fourth-order valence-electron chi connectivity index (χ4n) is 3.95. The predicted molar refractivity (Wildman–Crippen MR) is 141 cm³/mol. The maximum Gasteiger partial charge on any atom is 0.242 e. The maximum atomic E-state index is 13.4. The molecule has 9 heteroatoms. The summed E-state index contributed by atoms with van der Waals surface area (Å²) >= 11 is 0. The lowest BCUT2D eigenvalue weighted by atomic mass is 10.1. The number of rotatable bonds is 13. The van der Waals surface area contributed by atoms with Gasteiger partial charge < -0.3 is 10.2 Å². The van der Waals surface area contributed by atoms with Gasteiger partial charge in [-0.15, -0.1) is 0 Å². The van der Waals surface area contributed by atoms with Crippen LogP contribution in [0.3, 0.4) is 0 Å². The van der Waals surface area contributed by atoms with Crippen LogP contribution in [0.5, 0.6) is 0 Å². The third-order valence-corrected chi connectivity index (χ3v) is 7.05. The van der Waals surface area contributed by atoms with Gasteiger partial charge in [-0.25, -0.2) is 12.8 Å². The highest BCUT2D eigenvalue weighted by Crippen LogP contribution is 2.23. The normalized spacial score (nSPS) is 12.3. The van der Waals surface area contributed by atoms with Crippen LogP contribution < -0.4 is 9.62 Å². The van der Waals surface area contributed by atoms with Crippen molar-refractivity contribution in [3.05, 3.63) is 65.5 Å². The molecule has 1 atom stereocenters. The number of halogens is 1. The van der Waals surface area contributed by atoms with E-state index in [0.717, 1.165) is 11.8 Å². The monoisotopic (exact) mass is 519 g/mol. The zero-order chi connectivity index (χ0) is 26.9. The number of carbonyl (C=O) groups is 2. The maximum absolute atomic E-state index is 13.4. The van der Waals surface area contributed by atoms with E-state index < -0.39 is 16.1 Å². The summed E-state index contributed by atoms with van der Waals surface area (Å²) in [6.07, 6.45) is 1.90. The molecule has 0 radical (unpaired) electrons. The second kappa shape index (κ2) is 13.4. The van der Waals surface area contributed by atoms with Crippen LogP contribution in [0.25, 0.3) is 0 Å². The molecule has 0 aliphatic carbocycles. The van der Waals surface area contributed by atoms with E-state index in [4.69, 9.17) is 0 Å². The number of hydrogen-bond acceptors (Lipinski definition) is 4. The Hall–Kier alpha value is -2.94. The summed E-state index contributed by atoms with van der Waals surface area (Å²) in [7, 11) is -3.55. The zero-order valence-corrected chi connectivity index (χ0v) is 22.6. The number of hydrogen-bond donors (Lipinski definition) is 1. The highest BCUT2D eigenvalue weighted by molar-refractivity contribution is 7.92. The van der Waals surface area contributed by atoms with E-state index in [9.17, 15) is 22.4 Å². The highest BCUT2D eigenvalue weighted by atomic mass is 32.2. The Morgan fingerprint density at radius 2 is 1.69 bits per heavy atom. The Kier molecular flexibility index (Phi) is 10.9. The lowest BCUT2D eigenvalue weighted by molar-refractivity contribution is -0.141. The van der Waals surface area contributed by atoms with E-state index in [1.54, 1.807) is 24.3 Å². The van der Waals surface area contributed by atoms with Gasteiger partial charge in [-0.2, -0.15) is 0 Å². The number of amides is 2. The highest BCUT2D eigenvalue weighted by Gasteiger charge is 2.29.